The Morgan fingerprint density at radius 1 is 1.43 bits per heavy atom. The van der Waals surface area contributed by atoms with Crippen LogP contribution >= 0.6 is 15.9 Å². The Labute approximate surface area is 138 Å². The first-order valence-electron chi connectivity index (χ1n) is 6.41. The predicted octanol–water partition coefficient (Wildman–Crippen LogP) is 0.851. The van der Waals surface area contributed by atoms with Gasteiger partial charge in [0.05, 0.1) is 18.4 Å². The molecule has 2 aromatic rings. The van der Waals surface area contributed by atoms with Crippen molar-refractivity contribution in [3.63, 3.8) is 0 Å². The van der Waals surface area contributed by atoms with Crippen LogP contribution in [0.4, 0.5) is 5.95 Å². The standard InChI is InChI=1S/C13H11BrN6O3/c1-6-8(12(22)20(17-6)13-15-18-19-16-13)3-7-4-9(14)11(21)10(5-7)23-2/h3-5,21H,1-2H3,(H,15,16,18,19)/p-1/b8-3+. The molecule has 118 valence electrons. The molecule has 1 aromatic heterocycles. The minimum atomic E-state index is -0.384. The molecule has 1 N–H and O–H groups in total. The zero-order chi connectivity index (χ0) is 16.6. The van der Waals surface area contributed by atoms with Gasteiger partial charge in [0, 0.05) is 4.47 Å². The van der Waals surface area contributed by atoms with Gasteiger partial charge in [0.2, 0.25) is 0 Å². The number of aromatic nitrogens is 4. The lowest BCUT2D eigenvalue weighted by atomic mass is 10.1. The molecule has 3 rings (SSSR count). The van der Waals surface area contributed by atoms with Crippen molar-refractivity contribution in [2.24, 2.45) is 5.10 Å². The summed E-state index contributed by atoms with van der Waals surface area (Å²) < 4.78 is 5.38. The van der Waals surface area contributed by atoms with E-state index in [1.54, 1.807) is 25.1 Å². The molecule has 0 bridgehead atoms. The molecule has 23 heavy (non-hydrogen) atoms. The van der Waals surface area contributed by atoms with Gasteiger partial charge >= 0.3 is 0 Å². The fourth-order valence-corrected chi connectivity index (χ4v) is 2.52. The number of amides is 1. The molecule has 10 heteroatoms. The molecule has 0 saturated heterocycles. The van der Waals surface area contributed by atoms with Crippen LogP contribution in [0.3, 0.4) is 0 Å². The number of aromatic amines is 1. The maximum absolute atomic E-state index is 12.4. The van der Waals surface area contributed by atoms with E-state index in [4.69, 9.17) is 4.74 Å². The maximum atomic E-state index is 12.4. The van der Waals surface area contributed by atoms with Gasteiger partial charge in [-0.2, -0.15) is 15.3 Å². The van der Waals surface area contributed by atoms with E-state index in [2.05, 4.69) is 41.7 Å². The van der Waals surface area contributed by atoms with Crippen molar-refractivity contribution in [3.8, 4) is 11.5 Å². The Kier molecular flexibility index (Phi) is 3.82. The molecule has 0 spiro atoms. The predicted molar refractivity (Wildman–Crippen MR) is 82.9 cm³/mol. The number of anilines is 1. The lowest BCUT2D eigenvalue weighted by Gasteiger charge is -2.15. The quantitative estimate of drug-likeness (QED) is 0.791. The first kappa shape index (κ1) is 15.2. The largest absolute Gasteiger partial charge is 0.869 e. The summed E-state index contributed by atoms with van der Waals surface area (Å²) in [7, 11) is 1.41. The van der Waals surface area contributed by atoms with Crippen molar-refractivity contribution in [2.45, 2.75) is 6.92 Å². The number of hydrazone groups is 1. The van der Waals surface area contributed by atoms with Crippen molar-refractivity contribution in [2.75, 3.05) is 12.1 Å². The number of benzene rings is 1. The number of hydrogen-bond donors (Lipinski definition) is 1. The van der Waals surface area contributed by atoms with Crippen LogP contribution < -0.4 is 14.9 Å². The number of carbonyl (C=O) groups excluding carboxylic acids is 1. The van der Waals surface area contributed by atoms with Crippen LogP contribution in [-0.2, 0) is 4.79 Å². The van der Waals surface area contributed by atoms with Gasteiger partial charge in [-0.25, -0.2) is 0 Å². The number of rotatable bonds is 3. The van der Waals surface area contributed by atoms with Gasteiger partial charge in [-0.3, -0.25) is 4.79 Å². The van der Waals surface area contributed by atoms with E-state index in [9.17, 15) is 9.90 Å². The molecule has 1 aromatic carbocycles. The first-order chi connectivity index (χ1) is 11.0. The first-order valence-corrected chi connectivity index (χ1v) is 7.20. The molecule has 0 saturated carbocycles. The molecule has 0 unspecified atom stereocenters. The van der Waals surface area contributed by atoms with E-state index in [1.807, 2.05) is 0 Å². The third-order valence-corrected chi connectivity index (χ3v) is 3.74. The molecule has 0 fully saturated rings. The molecule has 0 atom stereocenters. The van der Waals surface area contributed by atoms with Gasteiger partial charge < -0.3 is 9.84 Å². The van der Waals surface area contributed by atoms with E-state index < -0.39 is 0 Å². The normalized spacial score (nSPS) is 16.1. The monoisotopic (exact) mass is 377 g/mol. The van der Waals surface area contributed by atoms with Crippen molar-refractivity contribution in [3.05, 3.63) is 27.7 Å². The van der Waals surface area contributed by atoms with Crippen molar-refractivity contribution in [1.82, 2.24) is 20.6 Å². The summed E-state index contributed by atoms with van der Waals surface area (Å²) in [6, 6.07) is 3.16. The number of nitrogens with one attached hydrogen (secondary N) is 1. The van der Waals surface area contributed by atoms with Crippen LogP contribution in [0.1, 0.15) is 12.5 Å². The lowest BCUT2D eigenvalue weighted by molar-refractivity contribution is -0.271. The van der Waals surface area contributed by atoms with E-state index in [0.717, 1.165) is 5.01 Å². The van der Waals surface area contributed by atoms with Gasteiger partial charge in [-0.1, -0.05) is 26.8 Å². The highest BCUT2D eigenvalue weighted by molar-refractivity contribution is 9.10. The lowest BCUT2D eigenvalue weighted by Crippen LogP contribution is -2.22. The van der Waals surface area contributed by atoms with Crippen molar-refractivity contribution >= 4 is 39.6 Å². The summed E-state index contributed by atoms with van der Waals surface area (Å²) >= 11 is 3.18. The fourth-order valence-electron chi connectivity index (χ4n) is 2.06. The number of halogens is 1. The highest BCUT2D eigenvalue weighted by Crippen LogP contribution is 2.34. The summed E-state index contributed by atoms with van der Waals surface area (Å²) in [4.78, 5) is 12.4. The Morgan fingerprint density at radius 3 is 2.87 bits per heavy atom. The van der Waals surface area contributed by atoms with Crippen LogP contribution in [-0.4, -0.2) is 39.4 Å². The SMILES string of the molecule is COc1cc(/C=C2/C(=O)N(c3nn[nH]n3)N=C2C)cc(Br)c1[O-]. The molecule has 0 aliphatic carbocycles. The zero-order valence-electron chi connectivity index (χ0n) is 12.1. The topological polar surface area (TPSA) is 119 Å². The third-order valence-electron chi connectivity index (χ3n) is 3.15. The summed E-state index contributed by atoms with van der Waals surface area (Å²) in [6.45, 7) is 1.69. The number of tetrazole rings is 1. The van der Waals surface area contributed by atoms with Crippen LogP contribution in [0.5, 0.6) is 11.5 Å². The van der Waals surface area contributed by atoms with Gasteiger partial charge in [-0.05, 0) is 35.9 Å². The average molecular weight is 378 g/mol. The minimum Gasteiger partial charge on any atom is -0.869 e. The molecule has 1 aliphatic heterocycles. The number of hydrogen-bond acceptors (Lipinski definition) is 7. The Morgan fingerprint density at radius 2 is 2.22 bits per heavy atom. The highest BCUT2D eigenvalue weighted by Gasteiger charge is 2.31. The molecular weight excluding hydrogens is 368 g/mol. The smallest absolute Gasteiger partial charge is 0.293 e. The fraction of sp³-hybridized carbons (Fsp3) is 0.154. The highest BCUT2D eigenvalue weighted by atomic mass is 79.9. The van der Waals surface area contributed by atoms with Crippen LogP contribution in [0, 0.1) is 0 Å². The van der Waals surface area contributed by atoms with E-state index in [-0.39, 0.29) is 23.4 Å². The third kappa shape index (κ3) is 2.68. The van der Waals surface area contributed by atoms with Crippen LogP contribution in [0.15, 0.2) is 27.3 Å². The van der Waals surface area contributed by atoms with Gasteiger partial charge in [-0.15, -0.1) is 5.10 Å². The molecular formula is C13H10BrN6O3-. The molecule has 0 radical (unpaired) electrons. The molecule has 1 aliphatic rings. The van der Waals surface area contributed by atoms with Crippen molar-refractivity contribution in [1.29, 1.82) is 0 Å². The minimum absolute atomic E-state index is 0.0615. The number of carbonyl (C=O) groups is 1. The van der Waals surface area contributed by atoms with Crippen LogP contribution in [0.25, 0.3) is 6.08 Å². The summed E-state index contributed by atoms with van der Waals surface area (Å²) in [5.41, 5.74) is 1.49. The van der Waals surface area contributed by atoms with E-state index in [0.29, 0.717) is 21.3 Å². The van der Waals surface area contributed by atoms with Gasteiger partial charge in [0.1, 0.15) is 5.75 Å². The Bertz CT molecular complexity index is 830. The summed E-state index contributed by atoms with van der Waals surface area (Å²) in [6.07, 6.45) is 1.62. The number of nitrogens with zero attached hydrogens (tertiary/aromatic N) is 5. The van der Waals surface area contributed by atoms with Crippen LogP contribution in [0.2, 0.25) is 0 Å². The molecule has 9 nitrogen and oxygen atoms in total. The summed E-state index contributed by atoms with van der Waals surface area (Å²) in [5, 5.41) is 30.1. The Balaban J connectivity index is 1.99. The molecule has 1 amide bonds. The zero-order valence-corrected chi connectivity index (χ0v) is 13.7. The second-order valence-corrected chi connectivity index (χ2v) is 5.46. The number of methoxy groups -OCH3 is 1. The summed E-state index contributed by atoms with van der Waals surface area (Å²) in [5.74, 6) is -0.399. The second-order valence-electron chi connectivity index (χ2n) is 4.61. The van der Waals surface area contributed by atoms with Gasteiger partial charge in [0.15, 0.2) is 0 Å². The Hall–Kier alpha value is -2.75. The second kappa shape index (κ2) is 5.80. The van der Waals surface area contributed by atoms with E-state index >= 15 is 0 Å². The van der Waals surface area contributed by atoms with Crippen molar-refractivity contribution < 1.29 is 14.6 Å². The van der Waals surface area contributed by atoms with E-state index in [1.165, 1.54) is 7.11 Å². The average Bonchev–Trinajstić information content (AvgIpc) is 3.14. The number of ether oxygens (including phenoxy) is 1. The molecule has 2 heterocycles. The van der Waals surface area contributed by atoms with Gasteiger partial charge in [0.25, 0.3) is 11.9 Å². The maximum Gasteiger partial charge on any atom is 0.293 e. The number of H-pyrrole nitrogens is 1.